The van der Waals surface area contributed by atoms with Crippen LogP contribution < -0.4 is 4.72 Å². The first-order valence-corrected chi connectivity index (χ1v) is 9.08. The smallest absolute Gasteiger partial charge is 0.307 e. The molecule has 1 heterocycles. The summed E-state index contributed by atoms with van der Waals surface area (Å²) in [6.07, 6.45) is 7.10. The van der Waals surface area contributed by atoms with Crippen molar-refractivity contribution in [1.29, 1.82) is 0 Å². The lowest BCUT2D eigenvalue weighted by Crippen LogP contribution is -2.48. The molecule has 0 aliphatic heterocycles. The average Bonchev–Trinajstić information content (AvgIpc) is 2.52. The molecule has 1 N–H and O–H groups in total. The maximum absolute atomic E-state index is 12.5. The van der Waals surface area contributed by atoms with Crippen LogP contribution in [0.3, 0.4) is 0 Å². The van der Waals surface area contributed by atoms with E-state index in [4.69, 9.17) is 4.74 Å². The van der Waals surface area contributed by atoms with Gasteiger partial charge in [0.15, 0.2) is 0 Å². The highest BCUT2D eigenvalue weighted by Crippen LogP contribution is 2.20. The van der Waals surface area contributed by atoms with Gasteiger partial charge < -0.3 is 4.74 Å². The Kier molecular flexibility index (Phi) is 7.53. The minimum Gasteiger partial charge on any atom is -0.469 e. The molecule has 136 valence electrons. The van der Waals surface area contributed by atoms with Crippen LogP contribution in [0.25, 0.3) is 6.08 Å². The maximum Gasteiger partial charge on any atom is 0.307 e. The first-order chi connectivity index (χ1) is 11.6. The van der Waals surface area contributed by atoms with Crippen molar-refractivity contribution in [2.75, 3.05) is 7.11 Å². The molecule has 1 aromatic heterocycles. The van der Waals surface area contributed by atoms with E-state index < -0.39 is 21.3 Å². The topological polar surface area (TPSA) is 68.3 Å². The number of carbonyl (C=O) groups is 1. The highest BCUT2D eigenvalue weighted by atomic mass is 32.2. The number of pyridine rings is 1. The zero-order valence-electron chi connectivity index (χ0n) is 15.7. The van der Waals surface area contributed by atoms with Gasteiger partial charge in [0, 0.05) is 18.0 Å². The molecule has 0 fully saturated rings. The van der Waals surface area contributed by atoms with Gasteiger partial charge >= 0.3 is 5.97 Å². The first-order valence-electron chi connectivity index (χ1n) is 7.93. The lowest BCUT2D eigenvalue weighted by molar-refractivity contribution is -0.141. The highest BCUT2D eigenvalue weighted by molar-refractivity contribution is 7.84. The van der Waals surface area contributed by atoms with Gasteiger partial charge in [-0.2, -0.15) is 0 Å². The molecule has 0 aliphatic carbocycles. The van der Waals surface area contributed by atoms with Crippen molar-refractivity contribution in [3.8, 4) is 11.8 Å². The fraction of sp³-hybridized carbons (Fsp3) is 0.474. The number of ether oxygens (including phenoxy) is 1. The van der Waals surface area contributed by atoms with Crippen molar-refractivity contribution in [3.05, 3.63) is 35.7 Å². The molecule has 5 nitrogen and oxygen atoms in total. The van der Waals surface area contributed by atoms with Crippen LogP contribution in [-0.2, 0) is 20.5 Å². The van der Waals surface area contributed by atoms with Gasteiger partial charge in [0.2, 0.25) is 0 Å². The van der Waals surface area contributed by atoms with Crippen LogP contribution in [0.2, 0.25) is 0 Å². The van der Waals surface area contributed by atoms with E-state index in [0.29, 0.717) is 0 Å². The summed E-state index contributed by atoms with van der Waals surface area (Å²) in [5.74, 6) is 5.41. The predicted octanol–water partition coefficient (Wildman–Crippen LogP) is 2.84. The van der Waals surface area contributed by atoms with E-state index in [1.165, 1.54) is 7.11 Å². The number of nitrogens with one attached hydrogen (secondary N) is 1. The Bertz CT molecular complexity index is 726. The van der Waals surface area contributed by atoms with Crippen LogP contribution in [0, 0.1) is 11.8 Å². The van der Waals surface area contributed by atoms with Crippen molar-refractivity contribution in [2.45, 2.75) is 51.3 Å². The Morgan fingerprint density at radius 2 is 2.04 bits per heavy atom. The van der Waals surface area contributed by atoms with Crippen molar-refractivity contribution in [2.24, 2.45) is 0 Å². The van der Waals surface area contributed by atoms with E-state index in [9.17, 15) is 9.00 Å². The zero-order chi connectivity index (χ0) is 19.1. The van der Waals surface area contributed by atoms with Crippen LogP contribution in [0.1, 0.15) is 52.2 Å². The number of hydrogen-bond donors (Lipinski definition) is 1. The summed E-state index contributed by atoms with van der Waals surface area (Å²) in [6.45, 7) is 9.19. The number of carbonyl (C=O) groups excluding carboxylic acids is 1. The van der Waals surface area contributed by atoms with Crippen molar-refractivity contribution in [3.63, 3.8) is 0 Å². The molecule has 1 aromatic rings. The maximum atomic E-state index is 12.5. The minimum absolute atomic E-state index is 0.0592. The van der Waals surface area contributed by atoms with Gasteiger partial charge in [-0.3, -0.25) is 9.78 Å². The van der Waals surface area contributed by atoms with E-state index in [-0.39, 0.29) is 12.4 Å². The van der Waals surface area contributed by atoms with Crippen molar-refractivity contribution >= 4 is 23.0 Å². The van der Waals surface area contributed by atoms with E-state index in [1.54, 1.807) is 19.3 Å². The Balaban J connectivity index is 3.10. The first kappa shape index (κ1) is 21.1. The van der Waals surface area contributed by atoms with Crippen LogP contribution >= 0.6 is 0 Å². The van der Waals surface area contributed by atoms with Crippen LogP contribution in [0.15, 0.2) is 24.5 Å². The second-order valence-corrected chi connectivity index (χ2v) is 8.84. The summed E-state index contributed by atoms with van der Waals surface area (Å²) < 4.78 is 19.8. The number of aromatic nitrogens is 1. The molecule has 0 saturated heterocycles. The summed E-state index contributed by atoms with van der Waals surface area (Å²) in [5, 5.41) is 0. The molecule has 0 radical (unpaired) electrons. The predicted molar refractivity (Wildman–Crippen MR) is 102 cm³/mol. The van der Waals surface area contributed by atoms with E-state index in [0.717, 1.165) is 11.1 Å². The largest absolute Gasteiger partial charge is 0.469 e. The van der Waals surface area contributed by atoms with Gasteiger partial charge in [-0.15, -0.1) is 5.92 Å². The van der Waals surface area contributed by atoms with Crippen LogP contribution in [0.5, 0.6) is 0 Å². The van der Waals surface area contributed by atoms with Gasteiger partial charge in [0.25, 0.3) is 0 Å². The Labute approximate surface area is 152 Å². The minimum atomic E-state index is -1.34. The molecule has 6 heteroatoms. The molecule has 0 amide bonds. The lowest BCUT2D eigenvalue weighted by Gasteiger charge is -2.30. The summed E-state index contributed by atoms with van der Waals surface area (Å²) in [4.78, 5) is 15.9. The summed E-state index contributed by atoms with van der Waals surface area (Å²) in [5.41, 5.74) is 0.836. The second-order valence-electron chi connectivity index (χ2n) is 6.87. The Hall–Kier alpha value is -1.97. The molecule has 25 heavy (non-hydrogen) atoms. The highest BCUT2D eigenvalue weighted by Gasteiger charge is 2.31. The third-order valence-electron chi connectivity index (χ3n) is 3.29. The fourth-order valence-electron chi connectivity index (χ4n) is 1.91. The van der Waals surface area contributed by atoms with Crippen LogP contribution in [-0.4, -0.2) is 32.6 Å². The molecule has 0 saturated carbocycles. The monoisotopic (exact) mass is 362 g/mol. The van der Waals surface area contributed by atoms with Gasteiger partial charge in [-0.25, -0.2) is 8.93 Å². The standard InChI is InChI=1S/C19H26N2O3S/c1-7-8-15-11-16(14-20-13-15)9-10-19(5,12-17(22)24-6)21-25(23)18(2,3)4/h9-11,13-14,21H,12H2,1-6H3/b10-9+/t19-,25+/m1/s1. The Morgan fingerprint density at radius 1 is 1.36 bits per heavy atom. The molecular formula is C19H26N2O3S. The molecular weight excluding hydrogens is 336 g/mol. The van der Waals surface area contributed by atoms with Gasteiger partial charge in [-0.1, -0.05) is 18.1 Å². The van der Waals surface area contributed by atoms with E-state index in [2.05, 4.69) is 21.5 Å². The summed E-state index contributed by atoms with van der Waals surface area (Å²) in [7, 11) is -0.000162. The van der Waals surface area contributed by atoms with E-state index >= 15 is 0 Å². The molecule has 0 spiro atoms. The van der Waals surface area contributed by atoms with Crippen LogP contribution in [0.4, 0.5) is 0 Å². The SMILES string of the molecule is CC#Cc1cncc(/C=C/[C@](C)(CC(=O)OC)N[S@@](=O)C(C)(C)C)c1. The number of rotatable bonds is 6. The molecule has 0 aromatic carbocycles. The zero-order valence-corrected chi connectivity index (χ0v) is 16.5. The Morgan fingerprint density at radius 3 is 2.60 bits per heavy atom. The van der Waals surface area contributed by atoms with E-state index in [1.807, 2.05) is 45.9 Å². The number of nitrogens with zero attached hydrogens (tertiary/aromatic N) is 1. The molecule has 1 rings (SSSR count). The lowest BCUT2D eigenvalue weighted by atomic mass is 9.97. The van der Waals surface area contributed by atoms with Gasteiger partial charge in [0.05, 0.1) is 34.8 Å². The quantitative estimate of drug-likeness (QED) is 0.624. The number of esters is 1. The third-order valence-corrected chi connectivity index (χ3v) is 5.06. The molecule has 0 unspecified atom stereocenters. The van der Waals surface area contributed by atoms with Crippen molar-refractivity contribution < 1.29 is 13.7 Å². The second kappa shape index (κ2) is 8.93. The summed E-state index contributed by atoms with van der Waals surface area (Å²) >= 11 is 0. The molecule has 0 aliphatic rings. The van der Waals surface area contributed by atoms with Gasteiger partial charge in [-0.05, 0) is 46.2 Å². The number of methoxy groups -OCH3 is 1. The average molecular weight is 362 g/mol. The summed E-state index contributed by atoms with van der Waals surface area (Å²) in [6, 6.07) is 1.90. The molecule has 0 bridgehead atoms. The van der Waals surface area contributed by atoms with Gasteiger partial charge in [0.1, 0.15) is 0 Å². The third kappa shape index (κ3) is 7.20. The fourth-order valence-corrected chi connectivity index (χ4v) is 2.78. The number of hydrogen-bond acceptors (Lipinski definition) is 4. The van der Waals surface area contributed by atoms with Crippen molar-refractivity contribution in [1.82, 2.24) is 9.71 Å². The molecule has 2 atom stereocenters. The normalized spacial score (nSPS) is 15.1.